The first-order chi connectivity index (χ1) is 16.0. The Kier molecular flexibility index (Phi) is 7.15. The predicted octanol–water partition coefficient (Wildman–Crippen LogP) is 6.41. The Labute approximate surface area is 195 Å². The van der Waals surface area contributed by atoms with Crippen LogP contribution in [0.25, 0.3) is 22.7 Å². The molecule has 3 heterocycles. The molecule has 3 aromatic rings. The van der Waals surface area contributed by atoms with Crippen LogP contribution in [0, 0.1) is 0 Å². The van der Waals surface area contributed by atoms with Crippen LogP contribution in [0.4, 0.5) is 8.63 Å². The zero-order valence-electron chi connectivity index (χ0n) is 17.9. The van der Waals surface area contributed by atoms with Crippen molar-refractivity contribution in [3.63, 3.8) is 0 Å². The minimum Gasteiger partial charge on any atom is -0.486 e. The Morgan fingerprint density at radius 1 is 1.12 bits per heavy atom. The molecular formula is C25H21BF2N2O2S. The van der Waals surface area contributed by atoms with Gasteiger partial charge in [-0.3, -0.25) is 13.4 Å². The van der Waals surface area contributed by atoms with Crippen molar-refractivity contribution in [3.8, 4) is 16.3 Å². The van der Waals surface area contributed by atoms with Gasteiger partial charge in [0.1, 0.15) is 12.4 Å². The van der Waals surface area contributed by atoms with Crippen LogP contribution >= 0.6 is 11.3 Å². The molecule has 2 aromatic heterocycles. The van der Waals surface area contributed by atoms with Gasteiger partial charge in [0.2, 0.25) is 0 Å². The number of carbonyl (C=O) groups excluding carboxylic acids is 1. The summed E-state index contributed by atoms with van der Waals surface area (Å²) in [6.07, 6.45) is 9.52. The molecule has 0 saturated carbocycles. The summed E-state index contributed by atoms with van der Waals surface area (Å²) in [5.41, 5.74) is 3.17. The SMILES string of the molecule is CCC(=O)COc1ccc(/C=C/C2=NC(=C\c3ccc(-c4cccs4)n3B(F)F)/C=C2)cc1. The lowest BCUT2D eigenvalue weighted by molar-refractivity contribution is -0.120. The van der Waals surface area contributed by atoms with E-state index >= 15 is 0 Å². The van der Waals surface area contributed by atoms with Crippen LogP contribution in [0.5, 0.6) is 5.75 Å². The molecule has 0 unspecified atom stereocenters. The van der Waals surface area contributed by atoms with Crippen molar-refractivity contribution in [2.24, 2.45) is 4.99 Å². The number of benzene rings is 1. The third-order valence-corrected chi connectivity index (χ3v) is 5.91. The van der Waals surface area contributed by atoms with Crippen LogP contribution in [0.2, 0.25) is 0 Å². The van der Waals surface area contributed by atoms with Crippen molar-refractivity contribution in [2.45, 2.75) is 13.3 Å². The molecule has 8 heteroatoms. The number of hydrogen-bond donors (Lipinski definition) is 0. The molecule has 0 aliphatic carbocycles. The highest BCUT2D eigenvalue weighted by Crippen LogP contribution is 2.29. The van der Waals surface area contributed by atoms with Gasteiger partial charge in [-0.05, 0) is 65.6 Å². The molecule has 0 fully saturated rings. The van der Waals surface area contributed by atoms with E-state index in [-0.39, 0.29) is 12.4 Å². The first-order valence-electron chi connectivity index (χ1n) is 10.5. The van der Waals surface area contributed by atoms with E-state index in [1.807, 2.05) is 60.0 Å². The van der Waals surface area contributed by atoms with Gasteiger partial charge in [0, 0.05) is 17.0 Å². The van der Waals surface area contributed by atoms with E-state index in [1.165, 1.54) is 11.3 Å². The van der Waals surface area contributed by atoms with Crippen molar-refractivity contribution in [2.75, 3.05) is 6.61 Å². The van der Waals surface area contributed by atoms with Gasteiger partial charge in [-0.2, -0.15) is 0 Å². The fourth-order valence-corrected chi connectivity index (χ4v) is 4.01. The average molecular weight is 462 g/mol. The topological polar surface area (TPSA) is 43.6 Å². The Morgan fingerprint density at radius 2 is 1.94 bits per heavy atom. The molecule has 0 spiro atoms. The van der Waals surface area contributed by atoms with Crippen molar-refractivity contribution in [3.05, 3.63) is 89.1 Å². The molecule has 0 radical (unpaired) electrons. The molecule has 0 bridgehead atoms. The maximum absolute atomic E-state index is 13.8. The summed E-state index contributed by atoms with van der Waals surface area (Å²) in [6.45, 7) is 1.88. The lowest BCUT2D eigenvalue weighted by Gasteiger charge is -2.07. The summed E-state index contributed by atoms with van der Waals surface area (Å²) < 4.78 is 34.0. The Balaban J connectivity index is 1.45. The normalized spacial score (nSPS) is 14.3. The molecule has 4 rings (SSSR count). The van der Waals surface area contributed by atoms with Crippen LogP contribution in [0.3, 0.4) is 0 Å². The molecule has 0 N–H and O–H groups in total. The molecule has 166 valence electrons. The van der Waals surface area contributed by atoms with Gasteiger partial charge in [0.05, 0.1) is 17.1 Å². The number of thiophene rings is 1. The fraction of sp³-hybridized carbons (Fsp3) is 0.120. The molecule has 1 aliphatic rings. The highest BCUT2D eigenvalue weighted by molar-refractivity contribution is 7.13. The van der Waals surface area contributed by atoms with Crippen molar-refractivity contribution in [1.29, 1.82) is 0 Å². The van der Waals surface area contributed by atoms with Crippen molar-refractivity contribution < 1.29 is 18.2 Å². The molecular weight excluding hydrogens is 441 g/mol. The summed E-state index contributed by atoms with van der Waals surface area (Å²) in [5, 5.41) is 1.87. The van der Waals surface area contributed by atoms with Gasteiger partial charge in [-0.25, -0.2) is 4.99 Å². The van der Waals surface area contributed by atoms with Crippen molar-refractivity contribution >= 4 is 42.4 Å². The van der Waals surface area contributed by atoms with E-state index < -0.39 is 7.40 Å². The Morgan fingerprint density at radius 3 is 2.64 bits per heavy atom. The van der Waals surface area contributed by atoms with Gasteiger partial charge in [0.25, 0.3) is 0 Å². The van der Waals surface area contributed by atoms with E-state index in [4.69, 9.17) is 4.74 Å². The summed E-state index contributed by atoms with van der Waals surface area (Å²) in [7, 11) is -2.65. The molecule has 1 aliphatic heterocycles. The first kappa shape index (κ1) is 22.7. The van der Waals surface area contributed by atoms with Gasteiger partial charge >= 0.3 is 7.40 Å². The van der Waals surface area contributed by atoms with Gasteiger partial charge in [-0.15, -0.1) is 11.3 Å². The first-order valence-corrected chi connectivity index (χ1v) is 11.4. The molecule has 33 heavy (non-hydrogen) atoms. The minimum atomic E-state index is -2.65. The number of rotatable bonds is 9. The van der Waals surface area contributed by atoms with Gasteiger partial charge in [0.15, 0.2) is 5.78 Å². The maximum Gasteiger partial charge on any atom is 0.678 e. The zero-order chi connectivity index (χ0) is 23.2. The van der Waals surface area contributed by atoms with Crippen molar-refractivity contribution in [1.82, 2.24) is 4.48 Å². The monoisotopic (exact) mass is 462 g/mol. The number of hydrogen-bond acceptors (Lipinski definition) is 4. The summed E-state index contributed by atoms with van der Waals surface area (Å²) in [6, 6.07) is 14.5. The number of aliphatic imine (C=N–C) groups is 1. The van der Waals surface area contributed by atoms with Crippen LogP contribution in [-0.4, -0.2) is 30.0 Å². The number of aromatic nitrogens is 1. The average Bonchev–Trinajstić information content (AvgIpc) is 3.58. The molecule has 0 amide bonds. The maximum atomic E-state index is 13.8. The molecule has 0 atom stereocenters. The number of Topliss-reactive ketones (excluding diaryl/α,β-unsaturated/α-hetero) is 1. The summed E-state index contributed by atoms with van der Waals surface area (Å²) >= 11 is 1.43. The van der Waals surface area contributed by atoms with E-state index in [1.54, 1.807) is 31.2 Å². The predicted molar refractivity (Wildman–Crippen MR) is 132 cm³/mol. The van der Waals surface area contributed by atoms with E-state index in [9.17, 15) is 13.4 Å². The Bertz CT molecular complexity index is 1240. The van der Waals surface area contributed by atoms with Crippen LogP contribution < -0.4 is 4.74 Å². The minimum absolute atomic E-state index is 0.0532. The number of allylic oxidation sites excluding steroid dienone is 3. The zero-order valence-corrected chi connectivity index (χ0v) is 18.8. The number of nitrogens with zero attached hydrogens (tertiary/aromatic N) is 2. The highest BCUT2D eigenvalue weighted by Gasteiger charge is 2.24. The standard InChI is InChI=1S/C25H21BF2N2O2S/c1-2-22(31)17-32-23-12-6-18(7-13-23)5-8-19-9-10-20(29-19)16-21-11-14-24(30(21)26(27)28)25-4-3-15-33-25/h3-16H,2,17H2,1H3/b8-5+,20-16-. The highest BCUT2D eigenvalue weighted by atomic mass is 32.1. The summed E-state index contributed by atoms with van der Waals surface area (Å²) in [5.74, 6) is 0.693. The molecule has 0 saturated heterocycles. The van der Waals surface area contributed by atoms with Crippen LogP contribution in [0.1, 0.15) is 24.6 Å². The number of halogens is 2. The van der Waals surface area contributed by atoms with Gasteiger partial charge in [-0.1, -0.05) is 31.2 Å². The van der Waals surface area contributed by atoms with Crippen LogP contribution in [-0.2, 0) is 4.79 Å². The third kappa shape index (κ3) is 5.65. The second-order valence-electron chi connectivity index (χ2n) is 7.29. The second kappa shape index (κ2) is 10.4. The van der Waals surface area contributed by atoms with Crippen LogP contribution in [0.15, 0.2) is 82.8 Å². The van der Waals surface area contributed by atoms with E-state index in [0.29, 0.717) is 29.3 Å². The number of carbonyl (C=O) groups is 1. The Hall–Kier alpha value is -3.52. The number of ketones is 1. The summed E-state index contributed by atoms with van der Waals surface area (Å²) in [4.78, 5) is 16.7. The third-order valence-electron chi connectivity index (χ3n) is 5.02. The van der Waals surface area contributed by atoms with E-state index in [0.717, 1.165) is 20.6 Å². The fourth-order valence-electron chi connectivity index (χ4n) is 3.27. The van der Waals surface area contributed by atoms with E-state index in [2.05, 4.69) is 4.99 Å². The largest absolute Gasteiger partial charge is 0.678 e. The number of ether oxygens (including phenoxy) is 1. The quantitative estimate of drug-likeness (QED) is 0.345. The lowest BCUT2D eigenvalue weighted by Crippen LogP contribution is -2.15. The molecule has 1 aromatic carbocycles. The second-order valence-corrected chi connectivity index (χ2v) is 8.24. The molecule has 4 nitrogen and oxygen atoms in total. The smallest absolute Gasteiger partial charge is 0.486 e. The lowest BCUT2D eigenvalue weighted by atomic mass is 10.2. The van der Waals surface area contributed by atoms with Gasteiger partial charge < -0.3 is 9.21 Å².